The average molecular weight is 221 g/mol. The first kappa shape index (κ1) is 11.6. The minimum atomic E-state index is -4.34. The van der Waals surface area contributed by atoms with E-state index in [0.717, 1.165) is 0 Å². The second-order valence-corrected chi connectivity index (χ2v) is 2.85. The molecule has 1 aromatic heterocycles. The quantitative estimate of drug-likeness (QED) is 0.785. The van der Waals surface area contributed by atoms with Crippen molar-refractivity contribution in [1.82, 2.24) is 4.98 Å². The summed E-state index contributed by atoms with van der Waals surface area (Å²) in [5, 5.41) is 0. The number of methoxy groups -OCH3 is 1. The molecule has 3 nitrogen and oxygen atoms in total. The lowest BCUT2D eigenvalue weighted by atomic mass is 10.3. The van der Waals surface area contributed by atoms with Gasteiger partial charge in [-0.25, -0.2) is 4.98 Å². The van der Waals surface area contributed by atoms with Crippen LogP contribution in [-0.2, 0) is 0 Å². The summed E-state index contributed by atoms with van der Waals surface area (Å²) in [6.07, 6.45) is -3.01. The van der Waals surface area contributed by atoms with E-state index in [4.69, 9.17) is 4.74 Å². The van der Waals surface area contributed by atoms with Crippen LogP contribution in [0, 0.1) is 6.92 Å². The normalized spacial score (nSPS) is 11.3. The summed E-state index contributed by atoms with van der Waals surface area (Å²) < 4.78 is 45.1. The molecule has 0 amide bonds. The summed E-state index contributed by atoms with van der Waals surface area (Å²) in [5.74, 6) is 0.383. The Balaban J connectivity index is 2.78. The summed E-state index contributed by atoms with van der Waals surface area (Å²) >= 11 is 0. The minimum absolute atomic E-state index is 0.124. The van der Waals surface area contributed by atoms with Gasteiger partial charge < -0.3 is 9.47 Å². The molecule has 6 heteroatoms. The molecule has 0 unspecified atom stereocenters. The molecule has 0 aromatic carbocycles. The first-order chi connectivity index (χ1) is 6.94. The van der Waals surface area contributed by atoms with E-state index in [9.17, 15) is 13.2 Å². The molecule has 1 rings (SSSR count). The first-order valence-electron chi connectivity index (χ1n) is 4.13. The molecule has 84 valence electrons. The smallest absolute Gasteiger partial charge is 0.422 e. The Morgan fingerprint density at radius 3 is 2.60 bits per heavy atom. The Morgan fingerprint density at radius 1 is 1.40 bits per heavy atom. The van der Waals surface area contributed by atoms with Gasteiger partial charge in [-0.3, -0.25) is 0 Å². The van der Waals surface area contributed by atoms with Crippen molar-refractivity contribution in [2.45, 2.75) is 13.1 Å². The zero-order chi connectivity index (χ0) is 11.5. The van der Waals surface area contributed by atoms with Gasteiger partial charge in [0.15, 0.2) is 6.61 Å². The number of aromatic nitrogens is 1. The number of hydrogen-bond acceptors (Lipinski definition) is 3. The molecule has 0 aliphatic heterocycles. The topological polar surface area (TPSA) is 31.4 Å². The molecular weight excluding hydrogens is 211 g/mol. The standard InChI is InChI=1S/C9H10F3NO2/c1-6-7(15-5-9(10,11)12)3-4-13-8(6)14-2/h3-4H,5H2,1-2H3. The number of pyridine rings is 1. The molecule has 0 aliphatic rings. The number of alkyl halides is 3. The highest BCUT2D eigenvalue weighted by atomic mass is 19.4. The lowest BCUT2D eigenvalue weighted by Crippen LogP contribution is -2.19. The predicted molar refractivity (Wildman–Crippen MR) is 47.1 cm³/mol. The Labute approximate surface area is 84.8 Å². The zero-order valence-electron chi connectivity index (χ0n) is 8.26. The molecule has 0 aliphatic carbocycles. The van der Waals surface area contributed by atoms with E-state index >= 15 is 0 Å². The highest BCUT2D eigenvalue weighted by Crippen LogP contribution is 2.26. The van der Waals surface area contributed by atoms with Gasteiger partial charge in [0.05, 0.1) is 12.7 Å². The molecule has 0 radical (unpaired) electrons. The highest BCUT2D eigenvalue weighted by molar-refractivity contribution is 5.38. The van der Waals surface area contributed by atoms with Gasteiger partial charge >= 0.3 is 6.18 Å². The van der Waals surface area contributed by atoms with E-state index in [2.05, 4.69) is 9.72 Å². The molecular formula is C9H10F3NO2. The van der Waals surface area contributed by atoms with Gasteiger partial charge in [-0.1, -0.05) is 0 Å². The van der Waals surface area contributed by atoms with Crippen molar-refractivity contribution in [1.29, 1.82) is 0 Å². The maximum atomic E-state index is 11.9. The van der Waals surface area contributed by atoms with Crippen LogP contribution in [0.3, 0.4) is 0 Å². The van der Waals surface area contributed by atoms with Gasteiger partial charge in [-0.05, 0) is 13.0 Å². The SMILES string of the molecule is COc1nccc(OCC(F)(F)F)c1C. The van der Waals surface area contributed by atoms with E-state index < -0.39 is 12.8 Å². The largest absolute Gasteiger partial charge is 0.484 e. The molecule has 1 heterocycles. The molecule has 0 saturated carbocycles. The van der Waals surface area contributed by atoms with Crippen molar-refractivity contribution < 1.29 is 22.6 Å². The van der Waals surface area contributed by atoms with Gasteiger partial charge in [-0.15, -0.1) is 0 Å². The molecule has 0 saturated heterocycles. The van der Waals surface area contributed by atoms with E-state index in [1.54, 1.807) is 6.92 Å². The van der Waals surface area contributed by atoms with Gasteiger partial charge in [0, 0.05) is 6.20 Å². The predicted octanol–water partition coefficient (Wildman–Crippen LogP) is 2.34. The first-order valence-corrected chi connectivity index (χ1v) is 4.13. The fraction of sp³-hybridized carbons (Fsp3) is 0.444. The van der Waals surface area contributed by atoms with Crippen LogP contribution < -0.4 is 9.47 Å². The monoisotopic (exact) mass is 221 g/mol. The van der Waals surface area contributed by atoms with Crippen molar-refractivity contribution in [2.24, 2.45) is 0 Å². The Kier molecular flexibility index (Phi) is 3.39. The highest BCUT2D eigenvalue weighted by Gasteiger charge is 2.28. The third-order valence-corrected chi connectivity index (χ3v) is 1.69. The molecule has 0 fully saturated rings. The van der Waals surface area contributed by atoms with Crippen LogP contribution in [0.4, 0.5) is 13.2 Å². The molecule has 0 atom stereocenters. The van der Waals surface area contributed by atoms with Crippen molar-refractivity contribution in [3.05, 3.63) is 17.8 Å². The van der Waals surface area contributed by atoms with Crippen molar-refractivity contribution in [2.75, 3.05) is 13.7 Å². The molecule has 1 aromatic rings. The van der Waals surface area contributed by atoms with Crippen LogP contribution in [0.2, 0.25) is 0 Å². The second kappa shape index (κ2) is 4.37. The van der Waals surface area contributed by atoms with Gasteiger partial charge in [0.2, 0.25) is 5.88 Å². The number of nitrogens with zero attached hydrogens (tertiary/aromatic N) is 1. The summed E-state index contributed by atoms with van der Waals surface area (Å²) in [6.45, 7) is 0.262. The third-order valence-electron chi connectivity index (χ3n) is 1.69. The molecule has 15 heavy (non-hydrogen) atoms. The van der Waals surface area contributed by atoms with E-state index in [0.29, 0.717) is 5.56 Å². The molecule has 0 bridgehead atoms. The zero-order valence-corrected chi connectivity index (χ0v) is 8.26. The third kappa shape index (κ3) is 3.30. The maximum absolute atomic E-state index is 11.9. The van der Waals surface area contributed by atoms with Gasteiger partial charge in [0.25, 0.3) is 0 Å². The van der Waals surface area contributed by atoms with Gasteiger partial charge in [0.1, 0.15) is 5.75 Å². The second-order valence-electron chi connectivity index (χ2n) is 2.85. The lowest BCUT2D eigenvalue weighted by molar-refractivity contribution is -0.153. The summed E-state index contributed by atoms with van der Waals surface area (Å²) in [7, 11) is 1.39. The lowest BCUT2D eigenvalue weighted by Gasteiger charge is -2.12. The van der Waals surface area contributed by atoms with Crippen molar-refractivity contribution >= 4 is 0 Å². The van der Waals surface area contributed by atoms with E-state index in [1.165, 1.54) is 19.4 Å². The van der Waals surface area contributed by atoms with Crippen LogP contribution in [0.1, 0.15) is 5.56 Å². The fourth-order valence-electron chi connectivity index (χ4n) is 1.02. The number of hydrogen-bond donors (Lipinski definition) is 0. The number of rotatable bonds is 3. The van der Waals surface area contributed by atoms with E-state index in [-0.39, 0.29) is 11.6 Å². The van der Waals surface area contributed by atoms with Crippen LogP contribution in [0.25, 0.3) is 0 Å². The van der Waals surface area contributed by atoms with Crippen LogP contribution >= 0.6 is 0 Å². The summed E-state index contributed by atoms with van der Waals surface area (Å²) in [5.41, 5.74) is 0.448. The summed E-state index contributed by atoms with van der Waals surface area (Å²) in [6, 6.07) is 1.36. The van der Waals surface area contributed by atoms with Crippen LogP contribution in [-0.4, -0.2) is 24.9 Å². The average Bonchev–Trinajstić information content (AvgIpc) is 2.15. The maximum Gasteiger partial charge on any atom is 0.422 e. The van der Waals surface area contributed by atoms with Gasteiger partial charge in [-0.2, -0.15) is 13.2 Å². The Bertz CT molecular complexity index is 339. The fourth-order valence-corrected chi connectivity index (χ4v) is 1.02. The Morgan fingerprint density at radius 2 is 2.07 bits per heavy atom. The van der Waals surface area contributed by atoms with E-state index in [1.807, 2.05) is 0 Å². The minimum Gasteiger partial charge on any atom is -0.484 e. The van der Waals surface area contributed by atoms with Crippen LogP contribution in [0.15, 0.2) is 12.3 Å². The van der Waals surface area contributed by atoms with Crippen molar-refractivity contribution in [3.8, 4) is 11.6 Å². The Hall–Kier alpha value is -1.46. The van der Waals surface area contributed by atoms with Crippen LogP contribution in [0.5, 0.6) is 11.6 Å². The number of halogens is 3. The summed E-state index contributed by atoms with van der Waals surface area (Å²) in [4.78, 5) is 3.82. The molecule has 0 N–H and O–H groups in total. The molecule has 0 spiro atoms. The van der Waals surface area contributed by atoms with Crippen molar-refractivity contribution in [3.63, 3.8) is 0 Å². The number of ether oxygens (including phenoxy) is 2.